The van der Waals surface area contributed by atoms with Gasteiger partial charge in [0.05, 0.1) is 5.69 Å². The van der Waals surface area contributed by atoms with Crippen LogP contribution in [0.1, 0.15) is 5.69 Å². The summed E-state index contributed by atoms with van der Waals surface area (Å²) in [6.45, 7) is 0.246. The van der Waals surface area contributed by atoms with Crippen LogP contribution in [-0.4, -0.2) is 20.7 Å². The number of imidazole rings is 1. The van der Waals surface area contributed by atoms with Gasteiger partial charge in [-0.15, -0.1) is 13.2 Å². The molecule has 0 aliphatic carbocycles. The summed E-state index contributed by atoms with van der Waals surface area (Å²) in [4.78, 5) is 8.60. The molecule has 5 nitrogen and oxygen atoms in total. The second-order valence-corrected chi connectivity index (χ2v) is 4.52. The summed E-state index contributed by atoms with van der Waals surface area (Å²) < 4.78 is 42.1. The van der Waals surface area contributed by atoms with Gasteiger partial charge in [0.25, 0.3) is 0 Å². The Morgan fingerprint density at radius 2 is 1.91 bits per heavy atom. The number of halogens is 3. The Kier molecular flexibility index (Phi) is 3.45. The van der Waals surface area contributed by atoms with Gasteiger partial charge in [-0.25, -0.2) is 9.97 Å². The van der Waals surface area contributed by atoms with E-state index in [-0.39, 0.29) is 12.3 Å². The third-order valence-corrected chi connectivity index (χ3v) is 2.99. The number of ether oxygens (including phenoxy) is 1. The molecule has 8 heteroatoms. The van der Waals surface area contributed by atoms with Crippen LogP contribution in [0, 0.1) is 0 Å². The lowest BCUT2D eigenvalue weighted by Gasteiger charge is -2.10. The van der Waals surface area contributed by atoms with E-state index in [2.05, 4.69) is 14.7 Å². The number of fused-ring (bicyclic) bond motifs is 1. The van der Waals surface area contributed by atoms with Crippen molar-refractivity contribution in [1.82, 2.24) is 14.4 Å². The number of nitrogens with two attached hydrogens (primary N) is 1. The Labute approximate surface area is 123 Å². The maximum Gasteiger partial charge on any atom is 0.573 e. The summed E-state index contributed by atoms with van der Waals surface area (Å²) in [5.41, 5.74) is 8.03. The molecule has 0 radical (unpaired) electrons. The monoisotopic (exact) mass is 308 g/mol. The summed E-state index contributed by atoms with van der Waals surface area (Å²) in [6, 6.07) is 5.47. The van der Waals surface area contributed by atoms with Crippen molar-refractivity contribution in [2.24, 2.45) is 5.73 Å². The van der Waals surface area contributed by atoms with Gasteiger partial charge in [0.15, 0.2) is 5.65 Å². The Bertz CT molecular complexity index is 796. The number of aromatic nitrogens is 3. The zero-order valence-electron chi connectivity index (χ0n) is 11.2. The van der Waals surface area contributed by atoms with Gasteiger partial charge in [0, 0.05) is 30.7 Å². The predicted octanol–water partition coefficient (Wildman–Crippen LogP) is 2.75. The molecule has 0 fully saturated rings. The van der Waals surface area contributed by atoms with Crippen LogP contribution in [0.2, 0.25) is 0 Å². The topological polar surface area (TPSA) is 65.4 Å². The van der Waals surface area contributed by atoms with Crippen molar-refractivity contribution in [1.29, 1.82) is 0 Å². The lowest BCUT2D eigenvalue weighted by molar-refractivity contribution is -0.274. The normalized spacial score (nSPS) is 11.8. The summed E-state index contributed by atoms with van der Waals surface area (Å²) in [7, 11) is 0. The number of benzene rings is 1. The van der Waals surface area contributed by atoms with Gasteiger partial charge >= 0.3 is 6.36 Å². The van der Waals surface area contributed by atoms with Crippen molar-refractivity contribution in [3.05, 3.63) is 48.5 Å². The first-order valence-corrected chi connectivity index (χ1v) is 6.35. The second-order valence-electron chi connectivity index (χ2n) is 4.52. The molecule has 22 heavy (non-hydrogen) atoms. The lowest BCUT2D eigenvalue weighted by Crippen LogP contribution is -2.16. The first kappa shape index (κ1) is 14.3. The molecule has 1 aromatic carbocycles. The van der Waals surface area contributed by atoms with Crippen molar-refractivity contribution in [3.8, 4) is 17.0 Å². The fourth-order valence-corrected chi connectivity index (χ4v) is 2.09. The van der Waals surface area contributed by atoms with Crippen LogP contribution in [0.4, 0.5) is 13.2 Å². The molecule has 0 saturated heterocycles. The van der Waals surface area contributed by atoms with E-state index >= 15 is 0 Å². The van der Waals surface area contributed by atoms with Crippen LogP contribution >= 0.6 is 0 Å². The van der Waals surface area contributed by atoms with Crippen LogP contribution < -0.4 is 10.5 Å². The minimum atomic E-state index is -4.71. The van der Waals surface area contributed by atoms with E-state index in [1.165, 1.54) is 24.3 Å². The van der Waals surface area contributed by atoms with Crippen molar-refractivity contribution < 1.29 is 17.9 Å². The van der Waals surface area contributed by atoms with Gasteiger partial charge in [0.1, 0.15) is 11.4 Å². The van der Waals surface area contributed by atoms with Crippen molar-refractivity contribution in [3.63, 3.8) is 0 Å². The third kappa shape index (κ3) is 2.86. The Balaban J connectivity index is 2.02. The molecule has 0 saturated carbocycles. The molecule has 3 rings (SSSR count). The molecule has 3 aromatic rings. The zero-order chi connectivity index (χ0) is 15.7. The number of hydrogen-bond acceptors (Lipinski definition) is 4. The average Bonchev–Trinajstić information content (AvgIpc) is 2.93. The molecule has 0 amide bonds. The van der Waals surface area contributed by atoms with Crippen LogP contribution in [0.25, 0.3) is 16.9 Å². The van der Waals surface area contributed by atoms with E-state index in [1.807, 2.05) is 0 Å². The van der Waals surface area contributed by atoms with Crippen molar-refractivity contribution in [2.75, 3.05) is 0 Å². The minimum absolute atomic E-state index is 0.246. The van der Waals surface area contributed by atoms with E-state index in [0.717, 1.165) is 0 Å². The fourth-order valence-electron chi connectivity index (χ4n) is 2.09. The van der Waals surface area contributed by atoms with Crippen LogP contribution in [0.5, 0.6) is 5.75 Å². The largest absolute Gasteiger partial charge is 0.573 e. The van der Waals surface area contributed by atoms with Crippen molar-refractivity contribution in [2.45, 2.75) is 12.9 Å². The molecule has 2 N–H and O–H groups in total. The Morgan fingerprint density at radius 3 is 2.55 bits per heavy atom. The van der Waals surface area contributed by atoms with Crippen molar-refractivity contribution >= 4 is 5.65 Å². The minimum Gasteiger partial charge on any atom is -0.406 e. The van der Waals surface area contributed by atoms with Crippen LogP contribution in [0.15, 0.2) is 42.9 Å². The summed E-state index contributed by atoms with van der Waals surface area (Å²) in [5.74, 6) is -0.286. The first-order chi connectivity index (χ1) is 10.5. The predicted molar refractivity (Wildman–Crippen MR) is 73.0 cm³/mol. The van der Waals surface area contributed by atoms with E-state index in [0.29, 0.717) is 22.6 Å². The first-order valence-electron chi connectivity index (χ1n) is 6.35. The smallest absolute Gasteiger partial charge is 0.406 e. The summed E-state index contributed by atoms with van der Waals surface area (Å²) in [6.07, 6.45) is 0.408. The number of nitrogens with zero attached hydrogens (tertiary/aromatic N) is 3. The quantitative estimate of drug-likeness (QED) is 0.808. The number of alkyl halides is 3. The van der Waals surface area contributed by atoms with E-state index in [9.17, 15) is 13.2 Å². The molecule has 0 unspecified atom stereocenters. The van der Waals surface area contributed by atoms with Gasteiger partial charge in [-0.1, -0.05) is 0 Å². The highest BCUT2D eigenvalue weighted by atomic mass is 19.4. The fraction of sp³-hybridized carbons (Fsp3) is 0.143. The van der Waals surface area contributed by atoms with Gasteiger partial charge < -0.3 is 14.9 Å². The molecule has 2 aromatic heterocycles. The molecule has 0 spiro atoms. The number of hydrogen-bond donors (Lipinski definition) is 1. The van der Waals surface area contributed by atoms with E-state index in [1.54, 1.807) is 23.0 Å². The lowest BCUT2D eigenvalue weighted by atomic mass is 10.1. The summed E-state index contributed by atoms with van der Waals surface area (Å²) >= 11 is 0. The molecular formula is C14H11F3N4O. The van der Waals surface area contributed by atoms with E-state index < -0.39 is 6.36 Å². The van der Waals surface area contributed by atoms with Gasteiger partial charge in [-0.2, -0.15) is 0 Å². The maximum atomic E-state index is 12.2. The highest BCUT2D eigenvalue weighted by molar-refractivity contribution is 5.74. The molecule has 114 valence electrons. The Morgan fingerprint density at radius 1 is 1.18 bits per heavy atom. The second kappa shape index (κ2) is 5.30. The molecule has 0 aliphatic rings. The molecule has 0 bridgehead atoms. The van der Waals surface area contributed by atoms with Crippen LogP contribution in [0.3, 0.4) is 0 Å². The molecule has 0 aliphatic heterocycles. The van der Waals surface area contributed by atoms with E-state index in [4.69, 9.17) is 5.73 Å². The summed E-state index contributed by atoms with van der Waals surface area (Å²) in [5, 5.41) is 0. The molecule has 2 heterocycles. The molecular weight excluding hydrogens is 297 g/mol. The number of rotatable bonds is 3. The highest BCUT2D eigenvalue weighted by Gasteiger charge is 2.31. The van der Waals surface area contributed by atoms with Gasteiger partial charge in [-0.05, 0) is 24.3 Å². The van der Waals surface area contributed by atoms with Crippen LogP contribution in [-0.2, 0) is 6.54 Å². The average molecular weight is 308 g/mol. The van der Waals surface area contributed by atoms with Gasteiger partial charge in [0.2, 0.25) is 0 Å². The maximum absolute atomic E-state index is 12.2. The Hall–Kier alpha value is -2.61. The standard InChI is InChI=1S/C14H11F3N4O/c15-14(16,17)22-11-3-1-9(2-4-11)12-13-19-5-6-21(13)8-10(7-18)20-12/h1-6,8H,7,18H2. The SMILES string of the molecule is NCc1cn2ccnc2c(-c2ccc(OC(F)(F)F)cc2)n1. The van der Waals surface area contributed by atoms with Gasteiger partial charge in [-0.3, -0.25) is 0 Å². The molecule has 0 atom stereocenters. The highest BCUT2D eigenvalue weighted by Crippen LogP contribution is 2.27. The zero-order valence-corrected chi connectivity index (χ0v) is 11.2. The third-order valence-electron chi connectivity index (χ3n) is 2.99.